The van der Waals surface area contributed by atoms with Gasteiger partial charge >= 0.3 is 5.70 Å². The Hall–Kier alpha value is -3.66. The second kappa shape index (κ2) is 18.2. The highest BCUT2D eigenvalue weighted by atomic mass is 79.9. The molecule has 0 unspecified atom stereocenters. The lowest BCUT2D eigenvalue weighted by molar-refractivity contribution is 0.334. The molecule has 3 aromatic rings. The topological polar surface area (TPSA) is 124 Å². The lowest BCUT2D eigenvalue weighted by atomic mass is 9.96. The largest absolute Gasteiger partial charge is 0.506 e. The second-order valence-corrected chi connectivity index (χ2v) is 12.4. The van der Waals surface area contributed by atoms with E-state index in [1.54, 1.807) is 18.2 Å². The Morgan fingerprint density at radius 1 is 0.955 bits per heavy atom. The van der Waals surface area contributed by atoms with Crippen LogP contribution < -0.4 is 17.0 Å². The van der Waals surface area contributed by atoms with Gasteiger partial charge in [0.2, 0.25) is 0 Å². The molecule has 0 amide bonds. The number of nitriles is 1. The summed E-state index contributed by atoms with van der Waals surface area (Å²) in [6.07, 6.45) is 12.6. The number of halogens is 2. The maximum absolute atomic E-state index is 8.73. The van der Waals surface area contributed by atoms with Crippen molar-refractivity contribution in [3.63, 3.8) is 0 Å². The maximum atomic E-state index is 8.73. The summed E-state index contributed by atoms with van der Waals surface area (Å²) >= 11 is 6.73. The number of rotatable bonds is 5. The van der Waals surface area contributed by atoms with E-state index in [9.17, 15) is 0 Å². The van der Waals surface area contributed by atoms with Crippen molar-refractivity contribution in [2.24, 2.45) is 5.84 Å². The Morgan fingerprint density at radius 3 is 1.95 bits per heavy atom. The summed E-state index contributed by atoms with van der Waals surface area (Å²) in [5.41, 5.74) is 11.8. The van der Waals surface area contributed by atoms with Crippen LogP contribution in [0.3, 0.4) is 0 Å². The Morgan fingerprint density at radius 2 is 1.50 bits per heavy atom. The van der Waals surface area contributed by atoms with Gasteiger partial charge in [0.25, 0.3) is 5.69 Å². The molecule has 2 aliphatic carbocycles. The Bertz CT molecular complexity index is 1480. The van der Waals surface area contributed by atoms with E-state index in [1.807, 2.05) is 41.1 Å². The van der Waals surface area contributed by atoms with E-state index >= 15 is 0 Å². The fraction of sp³-hybridized carbons (Fsp3) is 0.394. The Balaban J connectivity index is 0.000000200. The summed E-state index contributed by atoms with van der Waals surface area (Å²) in [6, 6.07) is 17.8. The molecule has 2 fully saturated rings. The third-order valence-electron chi connectivity index (χ3n) is 7.66. The zero-order chi connectivity index (χ0) is 31.9. The van der Waals surface area contributed by atoms with Gasteiger partial charge in [-0.1, -0.05) is 94.7 Å². The number of hydrogen-bond acceptors (Lipinski definition) is 6. The van der Waals surface area contributed by atoms with Crippen molar-refractivity contribution in [2.45, 2.75) is 76.3 Å². The number of ether oxygens (including phenoxy) is 1. The number of nitrogens with one attached hydrogen (secondary N) is 1. The Labute approximate surface area is 277 Å². The lowest BCUT2D eigenvalue weighted by Gasteiger charge is -2.23. The molecule has 1 aromatic heterocycles. The number of aromatic nitrogens is 2. The fourth-order valence-corrected chi connectivity index (χ4v) is 5.83. The molecule has 2 aromatic carbocycles. The standard InChI is InChI=1S/C16H17BrN4.C11H7BrN2O.C6H14N2/c1-19-15-14(11-7-9-12(17)10-8-11)20-21(16(15)18)13-5-3-2-4-6-13;1-14-10(7-13)11(15-2)8-3-5-9(12)6-4-8;7-8-6-4-2-1-3-5-6/h7-10,13H,2-6,18H2;3-6H,2H3;6,8H,1-5,7H2/b;11-10+;. The van der Waals surface area contributed by atoms with Gasteiger partial charge in [-0.2, -0.15) is 5.10 Å². The number of benzene rings is 2. The van der Waals surface area contributed by atoms with E-state index in [1.165, 1.54) is 58.5 Å². The zero-order valence-electron chi connectivity index (χ0n) is 24.9. The average molecular weight is 723 g/mol. The van der Waals surface area contributed by atoms with Crippen molar-refractivity contribution >= 4 is 49.1 Å². The van der Waals surface area contributed by atoms with Crippen LogP contribution in [0.25, 0.3) is 26.7 Å². The number of nitrogens with zero attached hydrogens (tertiary/aromatic N) is 5. The summed E-state index contributed by atoms with van der Waals surface area (Å²) < 4.78 is 8.87. The third-order valence-corrected chi connectivity index (χ3v) is 8.71. The molecule has 9 nitrogen and oxygen atoms in total. The number of nitrogens with two attached hydrogens (primary N) is 2. The minimum Gasteiger partial charge on any atom is -0.506 e. The third kappa shape index (κ3) is 9.67. The van der Waals surface area contributed by atoms with E-state index in [0.717, 1.165) is 27.4 Å². The van der Waals surface area contributed by atoms with Gasteiger partial charge in [-0.25, -0.2) is 15.0 Å². The van der Waals surface area contributed by atoms with Crippen LogP contribution in [-0.2, 0) is 4.74 Å². The van der Waals surface area contributed by atoms with Crippen LogP contribution in [0.4, 0.5) is 11.5 Å². The molecule has 0 atom stereocenters. The summed E-state index contributed by atoms with van der Waals surface area (Å²) in [5.74, 6) is 6.07. The van der Waals surface area contributed by atoms with Crippen molar-refractivity contribution in [3.8, 4) is 17.3 Å². The molecular weight excluding hydrogens is 684 g/mol. The van der Waals surface area contributed by atoms with Crippen LogP contribution in [-0.4, -0.2) is 22.9 Å². The highest BCUT2D eigenvalue weighted by Gasteiger charge is 2.24. The van der Waals surface area contributed by atoms with Gasteiger partial charge in [-0.15, -0.1) is 0 Å². The zero-order valence-corrected chi connectivity index (χ0v) is 28.1. The first-order chi connectivity index (χ1) is 21.4. The van der Waals surface area contributed by atoms with Gasteiger partial charge in [0.05, 0.1) is 32.4 Å². The molecule has 0 aliphatic heterocycles. The van der Waals surface area contributed by atoms with E-state index in [4.69, 9.17) is 34.7 Å². The molecule has 0 bridgehead atoms. The van der Waals surface area contributed by atoms with Gasteiger partial charge in [0.1, 0.15) is 17.3 Å². The molecule has 0 radical (unpaired) electrons. The van der Waals surface area contributed by atoms with Crippen LogP contribution in [0.15, 0.2) is 63.2 Å². The minimum absolute atomic E-state index is 0.0418. The first-order valence-corrected chi connectivity index (χ1v) is 16.2. The summed E-state index contributed by atoms with van der Waals surface area (Å²) in [4.78, 5) is 6.72. The predicted octanol–water partition coefficient (Wildman–Crippen LogP) is 8.94. The summed E-state index contributed by atoms with van der Waals surface area (Å²) in [7, 11) is 1.44. The minimum atomic E-state index is -0.0418. The van der Waals surface area contributed by atoms with Crippen LogP contribution in [0.5, 0.6) is 0 Å². The molecule has 5 rings (SSSR count). The van der Waals surface area contributed by atoms with Gasteiger partial charge < -0.3 is 10.5 Å². The van der Waals surface area contributed by atoms with Crippen LogP contribution in [0, 0.1) is 24.5 Å². The first-order valence-electron chi connectivity index (χ1n) is 14.7. The molecule has 2 saturated carbocycles. The first kappa shape index (κ1) is 34.8. The van der Waals surface area contributed by atoms with Crippen molar-refractivity contribution < 1.29 is 4.74 Å². The highest BCUT2D eigenvalue weighted by molar-refractivity contribution is 9.10. The normalized spacial score (nSPS) is 15.6. The molecular formula is C33H38Br2N8O. The van der Waals surface area contributed by atoms with Crippen molar-refractivity contribution in [1.29, 1.82) is 5.26 Å². The quantitative estimate of drug-likeness (QED) is 0.0795. The number of anilines is 1. The smallest absolute Gasteiger partial charge is 0.303 e. The van der Waals surface area contributed by atoms with E-state index in [0.29, 0.717) is 40.6 Å². The van der Waals surface area contributed by atoms with Gasteiger partial charge in [-0.05, 0) is 55.5 Å². The number of hydrogen-bond donors (Lipinski definition) is 3. The van der Waals surface area contributed by atoms with Crippen LogP contribution in [0.1, 0.15) is 75.8 Å². The number of hydrazine groups is 1. The molecule has 0 saturated heterocycles. The Kier molecular flexibility index (Phi) is 14.4. The number of nitrogen functional groups attached to an aromatic ring is 1. The lowest BCUT2D eigenvalue weighted by Crippen LogP contribution is -2.36. The molecule has 230 valence electrons. The average Bonchev–Trinajstić information content (AvgIpc) is 3.41. The van der Waals surface area contributed by atoms with Gasteiger partial charge in [0.15, 0.2) is 0 Å². The maximum Gasteiger partial charge on any atom is 0.303 e. The van der Waals surface area contributed by atoms with E-state index < -0.39 is 0 Å². The van der Waals surface area contributed by atoms with Crippen LogP contribution in [0.2, 0.25) is 0 Å². The van der Waals surface area contributed by atoms with Crippen molar-refractivity contribution in [3.05, 3.63) is 91.6 Å². The SMILES string of the molecule is NNC1CCCCC1.[C-]#[N+]/C(C#N)=C(/OC)c1ccc(Br)cc1.[C-]#[N+]c1c(-c2ccc(Br)cc2)nn(C2CCCCC2)c1N. The van der Waals surface area contributed by atoms with Crippen LogP contribution >= 0.6 is 31.9 Å². The van der Waals surface area contributed by atoms with Gasteiger partial charge in [-0.3, -0.25) is 16.0 Å². The second-order valence-electron chi connectivity index (χ2n) is 10.6. The molecule has 11 heteroatoms. The van der Waals surface area contributed by atoms with Crippen molar-refractivity contribution in [2.75, 3.05) is 12.8 Å². The van der Waals surface area contributed by atoms with E-state index in [-0.39, 0.29) is 5.70 Å². The molecule has 1 heterocycles. The molecule has 0 spiro atoms. The highest BCUT2D eigenvalue weighted by Crippen LogP contribution is 2.39. The number of methoxy groups -OCH3 is 1. The number of allylic oxidation sites excluding steroid dienone is 1. The summed E-state index contributed by atoms with van der Waals surface area (Å²) in [6.45, 7) is 14.3. The molecule has 2 aliphatic rings. The summed E-state index contributed by atoms with van der Waals surface area (Å²) in [5, 5.41) is 13.4. The van der Waals surface area contributed by atoms with E-state index in [2.05, 4.69) is 52.1 Å². The van der Waals surface area contributed by atoms with Gasteiger partial charge in [0, 0.05) is 20.6 Å². The molecule has 5 N–H and O–H groups in total. The van der Waals surface area contributed by atoms with Crippen molar-refractivity contribution in [1.82, 2.24) is 15.2 Å². The predicted molar refractivity (Wildman–Crippen MR) is 183 cm³/mol. The monoisotopic (exact) mass is 720 g/mol. The molecule has 44 heavy (non-hydrogen) atoms. The fourth-order valence-electron chi connectivity index (χ4n) is 5.30.